The molecule has 0 saturated heterocycles. The van der Waals surface area contributed by atoms with Crippen LogP contribution in [0, 0.1) is 11.3 Å². The minimum atomic E-state index is -4.73. The summed E-state index contributed by atoms with van der Waals surface area (Å²) in [4.78, 5) is 14.2. The molecule has 7 rings (SSSR count). The predicted molar refractivity (Wildman–Crippen MR) is 165 cm³/mol. The number of benzene rings is 5. The zero-order chi connectivity index (χ0) is 32.9. The van der Waals surface area contributed by atoms with Crippen molar-refractivity contribution >= 4 is 21.8 Å². The number of rotatable bonds is 4. The fourth-order valence-electron chi connectivity index (χ4n) is 5.54. The molecule has 2 heterocycles. The number of alkyl halides is 6. The van der Waals surface area contributed by atoms with E-state index in [-0.39, 0.29) is 38.9 Å². The summed E-state index contributed by atoms with van der Waals surface area (Å²) in [6.45, 7) is 0. The van der Waals surface area contributed by atoms with E-state index in [1.165, 1.54) is 22.8 Å². The molecule has 0 bridgehead atoms. The molecule has 0 aliphatic rings. The first kappa shape index (κ1) is 29.7. The van der Waals surface area contributed by atoms with Crippen molar-refractivity contribution < 1.29 is 26.3 Å². The first-order valence-corrected chi connectivity index (χ1v) is 14.2. The molecule has 47 heavy (non-hydrogen) atoms. The molecule has 0 aliphatic carbocycles. The fraction of sp³-hybridized carbons (Fsp3) is 0.0556. The summed E-state index contributed by atoms with van der Waals surface area (Å²) < 4.78 is 84.4. The predicted octanol–water partition coefficient (Wildman–Crippen LogP) is 9.88. The van der Waals surface area contributed by atoms with Crippen LogP contribution in [0.2, 0.25) is 0 Å². The van der Waals surface area contributed by atoms with Crippen LogP contribution in [-0.4, -0.2) is 19.5 Å². The molecular weight excluding hydrogens is 616 g/mol. The molecule has 7 aromatic rings. The zero-order valence-electron chi connectivity index (χ0n) is 24.0. The number of hydrogen-bond acceptors (Lipinski definition) is 4. The van der Waals surface area contributed by atoms with E-state index in [4.69, 9.17) is 15.0 Å². The lowest BCUT2D eigenvalue weighted by Gasteiger charge is -2.15. The molecule has 0 atom stereocenters. The third-order valence-corrected chi connectivity index (χ3v) is 7.73. The standard InChI is InChI=1S/C36H19F6N5/c37-35(38,39)24-12-15-29-27(18-24)28-19-25(36(40,41)42)13-16-30(28)47(29)31-17-21(20-43)11-14-26(31)34-45-32(22-7-3-1-4-8-22)44-33(46-34)23-9-5-2-6-10-23/h1-19H. The monoisotopic (exact) mass is 635 g/mol. The molecule has 2 aromatic heterocycles. The highest BCUT2D eigenvalue weighted by Crippen LogP contribution is 2.41. The lowest BCUT2D eigenvalue weighted by atomic mass is 10.1. The summed E-state index contributed by atoms with van der Waals surface area (Å²) in [5, 5.41) is 9.75. The molecule has 0 aliphatic heterocycles. The van der Waals surface area contributed by atoms with Crippen molar-refractivity contribution in [1.82, 2.24) is 19.5 Å². The van der Waals surface area contributed by atoms with Gasteiger partial charge in [-0.3, -0.25) is 0 Å². The van der Waals surface area contributed by atoms with Gasteiger partial charge in [-0.1, -0.05) is 60.7 Å². The van der Waals surface area contributed by atoms with E-state index in [2.05, 4.69) is 6.07 Å². The van der Waals surface area contributed by atoms with Crippen LogP contribution in [0.4, 0.5) is 26.3 Å². The van der Waals surface area contributed by atoms with Crippen LogP contribution >= 0.6 is 0 Å². The average molecular weight is 636 g/mol. The van der Waals surface area contributed by atoms with Gasteiger partial charge in [-0.15, -0.1) is 0 Å². The Morgan fingerprint density at radius 1 is 0.532 bits per heavy atom. The smallest absolute Gasteiger partial charge is 0.308 e. The maximum Gasteiger partial charge on any atom is 0.416 e. The highest BCUT2D eigenvalue weighted by atomic mass is 19.4. The molecule has 230 valence electrons. The topological polar surface area (TPSA) is 67.4 Å². The van der Waals surface area contributed by atoms with Crippen LogP contribution < -0.4 is 0 Å². The first-order valence-electron chi connectivity index (χ1n) is 14.2. The first-order chi connectivity index (χ1) is 22.5. The molecule has 11 heteroatoms. The largest absolute Gasteiger partial charge is 0.416 e. The molecule has 5 aromatic carbocycles. The van der Waals surface area contributed by atoms with Crippen LogP contribution in [0.1, 0.15) is 16.7 Å². The quantitative estimate of drug-likeness (QED) is 0.181. The number of hydrogen-bond donors (Lipinski definition) is 0. The lowest BCUT2D eigenvalue weighted by molar-refractivity contribution is -0.138. The van der Waals surface area contributed by atoms with Crippen LogP contribution in [0.15, 0.2) is 115 Å². The molecule has 0 spiro atoms. The second-order valence-electron chi connectivity index (χ2n) is 10.7. The van der Waals surface area contributed by atoms with E-state index in [0.29, 0.717) is 28.3 Å². The molecule has 0 saturated carbocycles. The van der Waals surface area contributed by atoms with Gasteiger partial charge < -0.3 is 4.57 Å². The summed E-state index contributed by atoms with van der Waals surface area (Å²) in [5.41, 5.74) is 0.633. The zero-order valence-corrected chi connectivity index (χ0v) is 24.0. The Kier molecular flexibility index (Phi) is 7.01. The Balaban J connectivity index is 1.56. The van der Waals surface area contributed by atoms with E-state index in [1.807, 2.05) is 60.7 Å². The van der Waals surface area contributed by atoms with Crippen LogP contribution in [0.5, 0.6) is 0 Å². The van der Waals surface area contributed by atoms with Crippen LogP contribution in [-0.2, 0) is 12.4 Å². The maximum absolute atomic E-state index is 13.8. The maximum atomic E-state index is 13.8. The van der Waals surface area contributed by atoms with Crippen molar-refractivity contribution in [2.24, 2.45) is 0 Å². The minimum Gasteiger partial charge on any atom is -0.308 e. The van der Waals surface area contributed by atoms with E-state index in [9.17, 15) is 31.6 Å². The molecule has 0 radical (unpaired) electrons. The Labute approximate surface area is 263 Å². The van der Waals surface area contributed by atoms with E-state index in [0.717, 1.165) is 24.3 Å². The van der Waals surface area contributed by atoms with E-state index >= 15 is 0 Å². The Bertz CT molecular complexity index is 2210. The van der Waals surface area contributed by atoms with Crippen molar-refractivity contribution in [1.29, 1.82) is 5.26 Å². The van der Waals surface area contributed by atoms with Gasteiger partial charge in [-0.2, -0.15) is 31.6 Å². The molecule has 0 fully saturated rings. The summed E-state index contributed by atoms with van der Waals surface area (Å²) in [7, 11) is 0. The molecule has 0 N–H and O–H groups in total. The highest BCUT2D eigenvalue weighted by molar-refractivity contribution is 6.10. The van der Waals surface area contributed by atoms with Gasteiger partial charge in [0.05, 0.1) is 39.5 Å². The normalized spacial score (nSPS) is 12.0. The SMILES string of the molecule is N#Cc1ccc(-c2nc(-c3ccccc3)nc(-c3ccccc3)n2)c(-n2c3ccc(C(F)(F)F)cc3c3cc(C(F)(F)F)ccc32)c1. The number of aromatic nitrogens is 4. The highest BCUT2D eigenvalue weighted by Gasteiger charge is 2.33. The lowest BCUT2D eigenvalue weighted by Crippen LogP contribution is -2.05. The van der Waals surface area contributed by atoms with E-state index in [1.54, 1.807) is 12.1 Å². The average Bonchev–Trinajstić information content (AvgIpc) is 3.41. The van der Waals surface area contributed by atoms with Gasteiger partial charge in [0.25, 0.3) is 0 Å². The van der Waals surface area contributed by atoms with Crippen LogP contribution in [0.25, 0.3) is 61.7 Å². The summed E-state index contributed by atoms with van der Waals surface area (Å²) in [6, 6.07) is 30.9. The van der Waals surface area contributed by atoms with Crippen molar-refractivity contribution in [2.75, 3.05) is 0 Å². The number of halogens is 6. The Hall–Kier alpha value is -6.02. The number of fused-ring (bicyclic) bond motifs is 3. The van der Waals surface area contributed by atoms with Gasteiger partial charge in [0.15, 0.2) is 17.5 Å². The van der Waals surface area contributed by atoms with Gasteiger partial charge in [-0.05, 0) is 54.6 Å². The van der Waals surface area contributed by atoms with Crippen molar-refractivity contribution in [2.45, 2.75) is 12.4 Å². The Morgan fingerprint density at radius 2 is 1.00 bits per heavy atom. The second-order valence-corrected chi connectivity index (χ2v) is 10.7. The van der Waals surface area contributed by atoms with Gasteiger partial charge in [0, 0.05) is 27.5 Å². The van der Waals surface area contributed by atoms with Gasteiger partial charge >= 0.3 is 12.4 Å². The molecule has 0 unspecified atom stereocenters. The van der Waals surface area contributed by atoms with E-state index < -0.39 is 23.5 Å². The van der Waals surface area contributed by atoms with Crippen LogP contribution in [0.3, 0.4) is 0 Å². The second kappa shape index (κ2) is 11.1. The van der Waals surface area contributed by atoms with Gasteiger partial charge in [0.1, 0.15) is 0 Å². The third-order valence-electron chi connectivity index (χ3n) is 7.73. The summed E-state index contributed by atoms with van der Waals surface area (Å²) in [6.07, 6.45) is -9.47. The fourth-order valence-corrected chi connectivity index (χ4v) is 5.54. The van der Waals surface area contributed by atoms with Crippen molar-refractivity contribution in [3.8, 4) is 45.9 Å². The minimum absolute atomic E-state index is 0.0418. The molecule has 5 nitrogen and oxygen atoms in total. The van der Waals surface area contributed by atoms with Crippen molar-refractivity contribution in [3.05, 3.63) is 132 Å². The van der Waals surface area contributed by atoms with Gasteiger partial charge in [-0.25, -0.2) is 15.0 Å². The molecular formula is C36H19F6N5. The molecule has 0 amide bonds. The number of nitrogens with zero attached hydrogens (tertiary/aromatic N) is 5. The summed E-state index contributed by atoms with van der Waals surface area (Å²) >= 11 is 0. The summed E-state index contributed by atoms with van der Waals surface area (Å²) in [5.74, 6) is 0.874. The number of nitriles is 1. The van der Waals surface area contributed by atoms with Crippen molar-refractivity contribution in [3.63, 3.8) is 0 Å². The third kappa shape index (κ3) is 5.44. The Morgan fingerprint density at radius 3 is 1.45 bits per heavy atom. The van der Waals surface area contributed by atoms with Gasteiger partial charge in [0.2, 0.25) is 0 Å².